The van der Waals surface area contributed by atoms with E-state index in [1.807, 2.05) is 30.3 Å². The van der Waals surface area contributed by atoms with Gasteiger partial charge in [-0.3, -0.25) is 9.59 Å². The lowest BCUT2D eigenvalue weighted by atomic mass is 10.0. The first kappa shape index (κ1) is 21.5. The number of rotatable bonds is 6. The van der Waals surface area contributed by atoms with E-state index < -0.39 is 11.8 Å². The number of hydrogen-bond donors (Lipinski definition) is 0. The molecule has 6 nitrogen and oxygen atoms in total. The first-order valence-electron chi connectivity index (χ1n) is 9.85. The highest BCUT2D eigenvalue weighted by Gasteiger charge is 2.42. The number of imide groups is 1. The summed E-state index contributed by atoms with van der Waals surface area (Å²) in [4.78, 5) is 30.2. The molecular formula is C25H21ClN2O4. The highest BCUT2D eigenvalue weighted by atomic mass is 35.5. The van der Waals surface area contributed by atoms with Crippen LogP contribution in [0.2, 0.25) is 5.02 Å². The molecule has 3 aromatic rings. The van der Waals surface area contributed by atoms with Gasteiger partial charge in [-0.2, -0.15) is 0 Å². The quantitative estimate of drug-likeness (QED) is 0.508. The molecule has 1 aliphatic heterocycles. The second-order valence-corrected chi connectivity index (χ2v) is 7.58. The van der Waals surface area contributed by atoms with Crippen LogP contribution in [0.5, 0.6) is 11.5 Å². The van der Waals surface area contributed by atoms with Crippen molar-refractivity contribution in [3.05, 3.63) is 89.1 Å². The van der Waals surface area contributed by atoms with Gasteiger partial charge in [-0.05, 0) is 29.8 Å². The zero-order chi connectivity index (χ0) is 22.8. The largest absolute Gasteiger partial charge is 0.497 e. The van der Waals surface area contributed by atoms with Crippen LogP contribution in [-0.2, 0) is 9.59 Å². The van der Waals surface area contributed by atoms with Gasteiger partial charge in [0.15, 0.2) is 0 Å². The maximum Gasteiger partial charge on any atom is 0.282 e. The Hall–Kier alpha value is -3.77. The molecule has 0 aromatic heterocycles. The fourth-order valence-electron chi connectivity index (χ4n) is 3.64. The summed E-state index contributed by atoms with van der Waals surface area (Å²) < 4.78 is 10.7. The molecule has 0 aliphatic carbocycles. The van der Waals surface area contributed by atoms with Crippen molar-refractivity contribution in [3.63, 3.8) is 0 Å². The molecule has 7 heteroatoms. The van der Waals surface area contributed by atoms with Crippen molar-refractivity contribution in [1.82, 2.24) is 0 Å². The van der Waals surface area contributed by atoms with E-state index in [1.165, 1.54) is 14.2 Å². The van der Waals surface area contributed by atoms with Crippen LogP contribution in [0.15, 0.2) is 78.5 Å². The van der Waals surface area contributed by atoms with Crippen LogP contribution >= 0.6 is 11.6 Å². The number of likely N-dealkylation sites (N-methyl/N-ethyl adjacent to an activating group) is 1. The summed E-state index contributed by atoms with van der Waals surface area (Å²) in [5.74, 6) is 0.0581. The number of amides is 2. The van der Waals surface area contributed by atoms with Gasteiger partial charge in [0.2, 0.25) is 0 Å². The minimum atomic E-state index is -0.443. The van der Waals surface area contributed by atoms with Crippen LogP contribution in [0.3, 0.4) is 0 Å². The Kier molecular flexibility index (Phi) is 5.88. The van der Waals surface area contributed by atoms with E-state index >= 15 is 0 Å². The average molecular weight is 449 g/mol. The van der Waals surface area contributed by atoms with Crippen molar-refractivity contribution >= 4 is 40.4 Å². The summed E-state index contributed by atoms with van der Waals surface area (Å²) in [5.41, 5.74) is 2.30. The Morgan fingerprint density at radius 3 is 1.97 bits per heavy atom. The Balaban J connectivity index is 1.88. The van der Waals surface area contributed by atoms with Gasteiger partial charge >= 0.3 is 0 Å². The highest BCUT2D eigenvalue weighted by molar-refractivity contribution is 6.46. The number of para-hydroxylation sites is 1. The monoisotopic (exact) mass is 448 g/mol. The third-order valence-corrected chi connectivity index (χ3v) is 5.52. The molecule has 0 fully saturated rings. The summed E-state index contributed by atoms with van der Waals surface area (Å²) in [6, 6.07) is 21.2. The number of halogens is 1. The summed E-state index contributed by atoms with van der Waals surface area (Å²) >= 11 is 6.05. The van der Waals surface area contributed by atoms with Gasteiger partial charge in [0.25, 0.3) is 11.8 Å². The molecule has 0 atom stereocenters. The molecule has 2 amide bonds. The van der Waals surface area contributed by atoms with Crippen molar-refractivity contribution in [2.24, 2.45) is 0 Å². The van der Waals surface area contributed by atoms with Crippen molar-refractivity contribution in [1.29, 1.82) is 0 Å². The zero-order valence-corrected chi connectivity index (χ0v) is 18.6. The van der Waals surface area contributed by atoms with Crippen LogP contribution < -0.4 is 19.3 Å². The van der Waals surface area contributed by atoms with Crippen molar-refractivity contribution in [2.75, 3.05) is 31.1 Å². The molecule has 1 heterocycles. The first-order chi connectivity index (χ1) is 15.4. The first-order valence-corrected chi connectivity index (χ1v) is 10.2. The molecule has 3 aromatic carbocycles. The molecule has 0 radical (unpaired) electrons. The molecule has 0 saturated carbocycles. The lowest BCUT2D eigenvalue weighted by Crippen LogP contribution is -2.34. The topological polar surface area (TPSA) is 59.1 Å². The number of carbonyl (C=O) groups is 2. The van der Waals surface area contributed by atoms with E-state index in [9.17, 15) is 9.59 Å². The molecule has 0 spiro atoms. The molecule has 0 unspecified atom stereocenters. The van der Waals surface area contributed by atoms with Gasteiger partial charge in [0.05, 0.1) is 25.5 Å². The molecular weight excluding hydrogens is 428 g/mol. The number of methoxy groups -OCH3 is 2. The normalized spacial score (nSPS) is 13.6. The van der Waals surface area contributed by atoms with Crippen molar-refractivity contribution < 1.29 is 19.1 Å². The van der Waals surface area contributed by atoms with Gasteiger partial charge in [0, 0.05) is 36.0 Å². The van der Waals surface area contributed by atoms with Gasteiger partial charge < -0.3 is 14.4 Å². The highest BCUT2D eigenvalue weighted by Crippen LogP contribution is 2.38. The van der Waals surface area contributed by atoms with Gasteiger partial charge in [-0.1, -0.05) is 41.9 Å². The Morgan fingerprint density at radius 2 is 1.41 bits per heavy atom. The van der Waals surface area contributed by atoms with E-state index in [2.05, 4.69) is 0 Å². The van der Waals surface area contributed by atoms with E-state index in [1.54, 1.807) is 54.4 Å². The third kappa shape index (κ3) is 3.81. The van der Waals surface area contributed by atoms with Crippen LogP contribution in [0.4, 0.5) is 11.4 Å². The predicted molar refractivity (Wildman–Crippen MR) is 125 cm³/mol. The SMILES string of the molecule is COc1cc(OC)cc(N2C(=O)C(c3ccc(Cl)cc3)=C(N(C)c3ccccc3)C2=O)c1. The summed E-state index contributed by atoms with van der Waals surface area (Å²) in [7, 11) is 4.79. The minimum Gasteiger partial charge on any atom is -0.497 e. The maximum absolute atomic E-state index is 13.7. The fraction of sp³-hybridized carbons (Fsp3) is 0.120. The van der Waals surface area contributed by atoms with E-state index in [0.717, 1.165) is 10.6 Å². The van der Waals surface area contributed by atoms with Gasteiger partial charge in [0.1, 0.15) is 17.2 Å². The molecule has 1 aliphatic rings. The third-order valence-electron chi connectivity index (χ3n) is 5.27. The van der Waals surface area contributed by atoms with Crippen molar-refractivity contribution in [2.45, 2.75) is 0 Å². The number of anilines is 2. The maximum atomic E-state index is 13.7. The second kappa shape index (κ2) is 8.77. The predicted octanol–water partition coefficient (Wildman–Crippen LogP) is 4.78. The van der Waals surface area contributed by atoms with E-state index in [4.69, 9.17) is 21.1 Å². The number of nitrogens with zero attached hydrogens (tertiary/aromatic N) is 2. The van der Waals surface area contributed by atoms with Crippen LogP contribution in [0.1, 0.15) is 5.56 Å². The Labute approximate surface area is 191 Å². The molecule has 32 heavy (non-hydrogen) atoms. The molecule has 0 N–H and O–H groups in total. The van der Waals surface area contributed by atoms with E-state index in [0.29, 0.717) is 33.3 Å². The number of carbonyl (C=O) groups excluding carboxylic acids is 2. The average Bonchev–Trinajstić information content (AvgIpc) is 3.09. The van der Waals surface area contributed by atoms with Gasteiger partial charge in [-0.15, -0.1) is 0 Å². The Morgan fingerprint density at radius 1 is 0.812 bits per heavy atom. The minimum absolute atomic E-state index is 0.269. The summed E-state index contributed by atoms with van der Waals surface area (Å²) in [5, 5.41) is 0.540. The number of hydrogen-bond acceptors (Lipinski definition) is 5. The zero-order valence-electron chi connectivity index (χ0n) is 17.8. The van der Waals surface area contributed by atoms with Crippen LogP contribution in [0.25, 0.3) is 5.57 Å². The Bertz CT molecular complexity index is 1180. The smallest absolute Gasteiger partial charge is 0.282 e. The van der Waals surface area contributed by atoms with E-state index in [-0.39, 0.29) is 5.70 Å². The summed E-state index contributed by atoms with van der Waals surface area (Å²) in [6.07, 6.45) is 0. The lowest BCUT2D eigenvalue weighted by Gasteiger charge is -2.22. The second-order valence-electron chi connectivity index (χ2n) is 7.14. The molecule has 162 valence electrons. The fourth-order valence-corrected chi connectivity index (χ4v) is 3.77. The van der Waals surface area contributed by atoms with Gasteiger partial charge in [-0.25, -0.2) is 4.90 Å². The van der Waals surface area contributed by atoms with Crippen molar-refractivity contribution in [3.8, 4) is 11.5 Å². The molecule has 4 rings (SSSR count). The summed E-state index contributed by atoms with van der Waals surface area (Å²) in [6.45, 7) is 0. The molecule has 0 bridgehead atoms. The molecule has 0 saturated heterocycles. The number of benzene rings is 3. The number of ether oxygens (including phenoxy) is 2. The lowest BCUT2D eigenvalue weighted by molar-refractivity contribution is -0.120. The van der Waals surface area contributed by atoms with Crippen LogP contribution in [-0.4, -0.2) is 33.1 Å². The standard InChI is InChI=1S/C25H21ClN2O4/c1-27(18-7-5-4-6-8-18)23-22(16-9-11-17(26)12-10-16)24(29)28(25(23)30)19-13-20(31-2)15-21(14-19)32-3/h4-15H,1-3H3. The van der Waals surface area contributed by atoms with Crippen LogP contribution in [0, 0.1) is 0 Å².